The second kappa shape index (κ2) is 5.85. The second-order valence-corrected chi connectivity index (χ2v) is 5.12. The maximum Gasteiger partial charge on any atom is 0.274 e. The van der Waals surface area contributed by atoms with Crippen molar-refractivity contribution in [3.63, 3.8) is 0 Å². The molecule has 18 heavy (non-hydrogen) atoms. The lowest BCUT2D eigenvalue weighted by molar-refractivity contribution is -0.385. The molecule has 4 nitrogen and oxygen atoms in total. The smallest absolute Gasteiger partial charge is 0.274 e. The van der Waals surface area contributed by atoms with Crippen molar-refractivity contribution in [1.29, 1.82) is 0 Å². The third-order valence-electron chi connectivity index (χ3n) is 3.76. The average Bonchev–Trinajstić information content (AvgIpc) is 2.84. The first kappa shape index (κ1) is 12.9. The summed E-state index contributed by atoms with van der Waals surface area (Å²) >= 11 is 0. The van der Waals surface area contributed by atoms with Crippen molar-refractivity contribution in [2.24, 2.45) is 5.92 Å². The van der Waals surface area contributed by atoms with Crippen molar-refractivity contribution in [2.45, 2.75) is 39.0 Å². The van der Waals surface area contributed by atoms with Crippen molar-refractivity contribution < 1.29 is 4.92 Å². The van der Waals surface area contributed by atoms with Crippen molar-refractivity contribution in [2.75, 3.05) is 11.9 Å². The zero-order valence-electron chi connectivity index (χ0n) is 10.8. The fourth-order valence-electron chi connectivity index (χ4n) is 2.64. The lowest BCUT2D eigenvalue weighted by atomic mass is 10.0. The maximum absolute atomic E-state index is 10.8. The quantitative estimate of drug-likeness (QED) is 0.635. The molecule has 1 N–H and O–H groups in total. The van der Waals surface area contributed by atoms with Gasteiger partial charge in [0.25, 0.3) is 5.69 Å². The topological polar surface area (TPSA) is 55.2 Å². The summed E-state index contributed by atoms with van der Waals surface area (Å²) < 4.78 is 0. The van der Waals surface area contributed by atoms with E-state index >= 15 is 0 Å². The van der Waals surface area contributed by atoms with Crippen molar-refractivity contribution >= 4 is 11.4 Å². The van der Waals surface area contributed by atoms with Gasteiger partial charge in [0.15, 0.2) is 0 Å². The molecule has 0 aromatic heterocycles. The molecular formula is C14H20N2O2. The van der Waals surface area contributed by atoms with E-state index in [4.69, 9.17) is 0 Å². The minimum atomic E-state index is -0.322. The fourth-order valence-corrected chi connectivity index (χ4v) is 2.64. The normalized spacial score (nSPS) is 15.8. The van der Waals surface area contributed by atoms with Gasteiger partial charge in [-0.1, -0.05) is 31.7 Å². The molecule has 0 unspecified atom stereocenters. The number of nitro benzene ring substituents is 1. The Hall–Kier alpha value is -1.58. The van der Waals surface area contributed by atoms with Crippen LogP contribution in [0.5, 0.6) is 0 Å². The van der Waals surface area contributed by atoms with Crippen LogP contribution in [0.3, 0.4) is 0 Å². The number of nitro groups is 1. The van der Waals surface area contributed by atoms with Crippen LogP contribution in [0.25, 0.3) is 0 Å². The van der Waals surface area contributed by atoms with Gasteiger partial charge in [0, 0.05) is 23.9 Å². The van der Waals surface area contributed by atoms with Crippen LogP contribution >= 0.6 is 0 Å². The summed E-state index contributed by atoms with van der Waals surface area (Å²) in [5, 5.41) is 14.1. The molecule has 0 atom stereocenters. The van der Waals surface area contributed by atoms with Crippen LogP contribution in [0.1, 0.15) is 37.7 Å². The highest BCUT2D eigenvalue weighted by Crippen LogP contribution is 2.28. The van der Waals surface area contributed by atoms with Gasteiger partial charge in [0.1, 0.15) is 0 Å². The van der Waals surface area contributed by atoms with Gasteiger partial charge in [-0.15, -0.1) is 0 Å². The van der Waals surface area contributed by atoms with Crippen molar-refractivity contribution in [3.8, 4) is 0 Å². The highest BCUT2D eigenvalue weighted by molar-refractivity contribution is 5.54. The van der Waals surface area contributed by atoms with Gasteiger partial charge < -0.3 is 5.32 Å². The number of anilines is 1. The lowest BCUT2D eigenvalue weighted by Crippen LogP contribution is -2.07. The van der Waals surface area contributed by atoms with E-state index in [2.05, 4.69) is 5.32 Å². The Morgan fingerprint density at radius 2 is 2.11 bits per heavy atom. The number of aryl methyl sites for hydroxylation is 1. The average molecular weight is 248 g/mol. The first-order valence-corrected chi connectivity index (χ1v) is 6.66. The Morgan fingerprint density at radius 3 is 2.78 bits per heavy atom. The monoisotopic (exact) mass is 248 g/mol. The van der Waals surface area contributed by atoms with E-state index in [1.807, 2.05) is 6.07 Å². The van der Waals surface area contributed by atoms with Crippen LogP contribution in [0.2, 0.25) is 0 Å². The summed E-state index contributed by atoms with van der Waals surface area (Å²) in [6, 6.07) is 5.34. The molecule has 1 aliphatic carbocycles. The number of rotatable bonds is 5. The van der Waals surface area contributed by atoms with Gasteiger partial charge in [0.2, 0.25) is 0 Å². The Kier molecular flexibility index (Phi) is 4.18. The van der Waals surface area contributed by atoms with E-state index in [0.29, 0.717) is 5.56 Å². The van der Waals surface area contributed by atoms with Crippen LogP contribution in [-0.2, 0) is 0 Å². The Bertz CT molecular complexity index is 426. The van der Waals surface area contributed by atoms with Gasteiger partial charge in [0.05, 0.1) is 4.92 Å². The zero-order chi connectivity index (χ0) is 13.0. The van der Waals surface area contributed by atoms with Gasteiger partial charge >= 0.3 is 0 Å². The summed E-state index contributed by atoms with van der Waals surface area (Å²) in [6.45, 7) is 2.67. The highest BCUT2D eigenvalue weighted by Gasteiger charge is 2.14. The maximum atomic E-state index is 10.8. The molecular weight excluding hydrogens is 228 g/mol. The summed E-state index contributed by atoms with van der Waals surface area (Å²) in [7, 11) is 0. The predicted molar refractivity (Wildman–Crippen MR) is 72.9 cm³/mol. The minimum absolute atomic E-state index is 0.195. The van der Waals surface area contributed by atoms with E-state index in [9.17, 15) is 10.1 Å². The third kappa shape index (κ3) is 3.22. The van der Waals surface area contributed by atoms with Crippen LogP contribution < -0.4 is 5.32 Å². The number of hydrogen-bond acceptors (Lipinski definition) is 3. The molecule has 0 spiro atoms. The molecule has 4 heteroatoms. The molecule has 0 saturated heterocycles. The van der Waals surface area contributed by atoms with E-state index in [1.165, 1.54) is 32.1 Å². The fraction of sp³-hybridized carbons (Fsp3) is 0.571. The minimum Gasteiger partial charge on any atom is -0.385 e. The molecule has 1 aliphatic rings. The standard InChI is InChI=1S/C14H20N2O2/c1-11-6-7-13(10-14(11)16(17)18)15-9-8-12-4-2-3-5-12/h6-7,10,12,15H,2-5,8-9H2,1H3. The number of nitrogens with one attached hydrogen (secondary N) is 1. The summed E-state index contributed by atoms with van der Waals surface area (Å²) in [6.07, 6.45) is 6.58. The molecule has 0 bridgehead atoms. The molecule has 0 aliphatic heterocycles. The molecule has 0 radical (unpaired) electrons. The SMILES string of the molecule is Cc1ccc(NCCC2CCCC2)cc1[N+](=O)[O-]. The second-order valence-electron chi connectivity index (χ2n) is 5.12. The van der Waals surface area contributed by atoms with Crippen LogP contribution in [-0.4, -0.2) is 11.5 Å². The molecule has 2 rings (SSSR count). The lowest BCUT2D eigenvalue weighted by Gasteiger charge is -2.11. The molecule has 0 heterocycles. The van der Waals surface area contributed by atoms with Gasteiger partial charge in [-0.3, -0.25) is 10.1 Å². The molecule has 0 amide bonds. The third-order valence-corrected chi connectivity index (χ3v) is 3.76. The molecule has 1 aromatic rings. The first-order valence-electron chi connectivity index (χ1n) is 6.66. The van der Waals surface area contributed by atoms with E-state index in [-0.39, 0.29) is 10.6 Å². The Balaban J connectivity index is 1.88. The van der Waals surface area contributed by atoms with Gasteiger partial charge in [-0.05, 0) is 25.3 Å². The number of hydrogen-bond donors (Lipinski definition) is 1. The summed E-state index contributed by atoms with van der Waals surface area (Å²) in [5.41, 5.74) is 1.76. The van der Waals surface area contributed by atoms with Crippen LogP contribution in [0.15, 0.2) is 18.2 Å². The molecule has 1 aromatic carbocycles. The zero-order valence-corrected chi connectivity index (χ0v) is 10.8. The Morgan fingerprint density at radius 1 is 1.39 bits per heavy atom. The number of benzene rings is 1. The van der Waals surface area contributed by atoms with Gasteiger partial charge in [-0.25, -0.2) is 0 Å². The van der Waals surface area contributed by atoms with Crippen LogP contribution in [0.4, 0.5) is 11.4 Å². The summed E-state index contributed by atoms with van der Waals surface area (Å²) in [5.74, 6) is 0.845. The number of nitrogens with zero attached hydrogens (tertiary/aromatic N) is 1. The molecule has 1 fully saturated rings. The predicted octanol–water partition coefficient (Wildman–Crippen LogP) is 3.90. The van der Waals surface area contributed by atoms with Gasteiger partial charge in [-0.2, -0.15) is 0 Å². The molecule has 1 saturated carbocycles. The van der Waals surface area contributed by atoms with Crippen molar-refractivity contribution in [3.05, 3.63) is 33.9 Å². The summed E-state index contributed by atoms with van der Waals surface area (Å²) in [4.78, 5) is 10.5. The van der Waals surface area contributed by atoms with E-state index in [1.54, 1.807) is 19.1 Å². The first-order chi connectivity index (χ1) is 8.66. The largest absolute Gasteiger partial charge is 0.385 e. The van der Waals surface area contributed by atoms with Crippen LogP contribution in [0, 0.1) is 23.0 Å². The van der Waals surface area contributed by atoms with E-state index in [0.717, 1.165) is 18.2 Å². The highest BCUT2D eigenvalue weighted by atomic mass is 16.6. The molecule has 98 valence electrons. The van der Waals surface area contributed by atoms with Crippen molar-refractivity contribution in [1.82, 2.24) is 0 Å². The Labute approximate surface area is 108 Å². The van der Waals surface area contributed by atoms with E-state index < -0.39 is 0 Å².